The van der Waals surface area contributed by atoms with E-state index in [1.807, 2.05) is 19.1 Å². The first-order valence-corrected chi connectivity index (χ1v) is 6.88. The fraction of sp³-hybridized carbons (Fsp3) is 0.357. The number of rotatable bonds is 6. The van der Waals surface area contributed by atoms with Crippen LogP contribution in [0, 0.1) is 0 Å². The van der Waals surface area contributed by atoms with Crippen LogP contribution in [0.2, 0.25) is 0 Å². The Bertz CT molecular complexity index is 553. The number of aliphatic hydroxyl groups is 1. The summed E-state index contributed by atoms with van der Waals surface area (Å²) in [4.78, 5) is 11.8. The second kappa shape index (κ2) is 7.39. The van der Waals surface area contributed by atoms with Crippen molar-refractivity contribution in [2.75, 3.05) is 11.9 Å². The average Bonchev–Trinajstić information content (AvgIpc) is 3.01. The van der Waals surface area contributed by atoms with Gasteiger partial charge in [-0.25, -0.2) is 9.48 Å². The van der Waals surface area contributed by atoms with Crippen LogP contribution >= 0.6 is 0 Å². The van der Waals surface area contributed by atoms with Crippen molar-refractivity contribution in [2.24, 2.45) is 0 Å². The molecule has 2 aromatic rings. The van der Waals surface area contributed by atoms with Crippen LogP contribution in [0.1, 0.15) is 19.8 Å². The summed E-state index contributed by atoms with van der Waals surface area (Å²) in [7, 11) is 0. The van der Waals surface area contributed by atoms with Gasteiger partial charge < -0.3 is 15.7 Å². The van der Waals surface area contributed by atoms with E-state index in [1.54, 1.807) is 29.2 Å². The SMILES string of the molecule is CCC(CCO)NC(=O)Nc1ccc(-n2ccnn2)cc1. The van der Waals surface area contributed by atoms with Gasteiger partial charge in [0.2, 0.25) is 0 Å². The summed E-state index contributed by atoms with van der Waals surface area (Å²) in [6.45, 7) is 2.03. The molecule has 1 aromatic heterocycles. The highest BCUT2D eigenvalue weighted by atomic mass is 16.3. The molecule has 0 aliphatic rings. The van der Waals surface area contributed by atoms with Crippen molar-refractivity contribution in [2.45, 2.75) is 25.8 Å². The zero-order valence-corrected chi connectivity index (χ0v) is 11.9. The van der Waals surface area contributed by atoms with Crippen molar-refractivity contribution in [3.8, 4) is 5.69 Å². The first kappa shape index (κ1) is 15.0. The molecule has 2 rings (SSSR count). The Labute approximate surface area is 123 Å². The molecule has 0 radical (unpaired) electrons. The predicted molar refractivity (Wildman–Crippen MR) is 79.3 cm³/mol. The molecule has 0 aliphatic carbocycles. The molecule has 0 aliphatic heterocycles. The van der Waals surface area contributed by atoms with Crippen LogP contribution in [0.25, 0.3) is 5.69 Å². The maximum absolute atomic E-state index is 11.8. The quantitative estimate of drug-likeness (QED) is 0.752. The minimum absolute atomic E-state index is 0.0237. The predicted octanol–water partition coefficient (Wildman–Crippen LogP) is 1.55. The lowest BCUT2D eigenvalue weighted by molar-refractivity contribution is 0.237. The third-order valence-electron chi connectivity index (χ3n) is 3.12. The molecule has 2 amide bonds. The molecule has 3 N–H and O–H groups in total. The molecule has 0 bridgehead atoms. The molecular formula is C14H19N5O2. The van der Waals surface area contributed by atoms with Crippen molar-refractivity contribution < 1.29 is 9.90 Å². The van der Waals surface area contributed by atoms with Gasteiger partial charge in [0.15, 0.2) is 0 Å². The van der Waals surface area contributed by atoms with E-state index in [9.17, 15) is 4.79 Å². The van der Waals surface area contributed by atoms with Gasteiger partial charge in [0, 0.05) is 18.3 Å². The van der Waals surface area contributed by atoms with Crippen LogP contribution in [0.4, 0.5) is 10.5 Å². The van der Waals surface area contributed by atoms with E-state index < -0.39 is 0 Å². The third-order valence-corrected chi connectivity index (χ3v) is 3.12. The number of anilines is 1. The van der Waals surface area contributed by atoms with Crippen LogP contribution in [0.3, 0.4) is 0 Å². The van der Waals surface area contributed by atoms with Crippen LogP contribution in [-0.4, -0.2) is 38.8 Å². The van der Waals surface area contributed by atoms with Gasteiger partial charge in [0.05, 0.1) is 18.1 Å². The summed E-state index contributed by atoms with van der Waals surface area (Å²) >= 11 is 0. The fourth-order valence-corrected chi connectivity index (χ4v) is 1.93. The largest absolute Gasteiger partial charge is 0.396 e. The molecule has 1 atom stereocenters. The lowest BCUT2D eigenvalue weighted by Gasteiger charge is -2.16. The Morgan fingerprint density at radius 3 is 2.71 bits per heavy atom. The molecule has 0 saturated carbocycles. The number of nitrogens with one attached hydrogen (secondary N) is 2. The van der Waals surface area contributed by atoms with Crippen LogP contribution in [0.5, 0.6) is 0 Å². The number of urea groups is 1. The monoisotopic (exact) mass is 289 g/mol. The van der Waals surface area contributed by atoms with E-state index in [0.29, 0.717) is 12.1 Å². The molecule has 1 heterocycles. The number of aliphatic hydroxyl groups excluding tert-OH is 1. The van der Waals surface area contributed by atoms with E-state index in [0.717, 1.165) is 12.1 Å². The van der Waals surface area contributed by atoms with Gasteiger partial charge in [0.25, 0.3) is 0 Å². The molecule has 0 saturated heterocycles. The molecule has 21 heavy (non-hydrogen) atoms. The summed E-state index contributed by atoms with van der Waals surface area (Å²) in [5.74, 6) is 0. The molecular weight excluding hydrogens is 270 g/mol. The number of hydrogen-bond acceptors (Lipinski definition) is 4. The normalized spacial score (nSPS) is 11.9. The minimum Gasteiger partial charge on any atom is -0.396 e. The number of amides is 2. The van der Waals surface area contributed by atoms with Crippen molar-refractivity contribution in [1.82, 2.24) is 20.3 Å². The summed E-state index contributed by atoms with van der Waals surface area (Å²) < 4.78 is 1.64. The molecule has 1 aromatic carbocycles. The average molecular weight is 289 g/mol. The van der Waals surface area contributed by atoms with E-state index in [1.165, 1.54) is 0 Å². The topological polar surface area (TPSA) is 92.1 Å². The summed E-state index contributed by atoms with van der Waals surface area (Å²) in [5.41, 5.74) is 1.56. The smallest absolute Gasteiger partial charge is 0.319 e. The van der Waals surface area contributed by atoms with Gasteiger partial charge in [-0.3, -0.25) is 0 Å². The highest BCUT2D eigenvalue weighted by molar-refractivity contribution is 5.89. The third kappa shape index (κ3) is 4.28. The van der Waals surface area contributed by atoms with Gasteiger partial charge in [-0.1, -0.05) is 12.1 Å². The molecule has 112 valence electrons. The number of nitrogens with zero attached hydrogens (tertiary/aromatic N) is 3. The number of benzene rings is 1. The molecule has 1 unspecified atom stereocenters. The van der Waals surface area contributed by atoms with E-state index in [4.69, 9.17) is 5.11 Å². The standard InChI is InChI=1S/C14H19N5O2/c1-2-11(7-10-20)16-14(21)17-12-3-5-13(6-4-12)19-9-8-15-18-19/h3-6,8-9,11,20H,2,7,10H2,1H3,(H2,16,17,21). The van der Waals surface area contributed by atoms with Gasteiger partial charge in [0.1, 0.15) is 0 Å². The zero-order chi connectivity index (χ0) is 15.1. The first-order chi connectivity index (χ1) is 10.2. The van der Waals surface area contributed by atoms with Crippen molar-refractivity contribution in [3.05, 3.63) is 36.7 Å². The van der Waals surface area contributed by atoms with Gasteiger partial charge in [-0.2, -0.15) is 0 Å². The first-order valence-electron chi connectivity index (χ1n) is 6.88. The number of hydrogen-bond donors (Lipinski definition) is 3. The maximum atomic E-state index is 11.8. The summed E-state index contributed by atoms with van der Waals surface area (Å²) in [6, 6.07) is 6.98. The number of carbonyl (C=O) groups is 1. The lowest BCUT2D eigenvalue weighted by atomic mass is 10.2. The van der Waals surface area contributed by atoms with Crippen LogP contribution in [0.15, 0.2) is 36.7 Å². The van der Waals surface area contributed by atoms with E-state index in [-0.39, 0.29) is 18.7 Å². The molecule has 0 fully saturated rings. The highest BCUT2D eigenvalue weighted by Gasteiger charge is 2.09. The zero-order valence-electron chi connectivity index (χ0n) is 11.9. The molecule has 0 spiro atoms. The molecule has 7 nitrogen and oxygen atoms in total. The summed E-state index contributed by atoms with van der Waals surface area (Å²) in [5, 5.41) is 22.1. The fourth-order valence-electron chi connectivity index (χ4n) is 1.93. The Hall–Kier alpha value is -2.41. The van der Waals surface area contributed by atoms with Crippen LogP contribution < -0.4 is 10.6 Å². The minimum atomic E-state index is -0.274. The van der Waals surface area contributed by atoms with Crippen molar-refractivity contribution in [1.29, 1.82) is 0 Å². The van der Waals surface area contributed by atoms with Crippen molar-refractivity contribution >= 4 is 11.7 Å². The Kier molecular flexibility index (Phi) is 5.28. The summed E-state index contributed by atoms with van der Waals surface area (Å²) in [6.07, 6.45) is 4.68. The highest BCUT2D eigenvalue weighted by Crippen LogP contribution is 2.12. The Morgan fingerprint density at radius 1 is 1.38 bits per heavy atom. The van der Waals surface area contributed by atoms with Gasteiger partial charge >= 0.3 is 6.03 Å². The van der Waals surface area contributed by atoms with Gasteiger partial charge in [-0.15, -0.1) is 5.10 Å². The van der Waals surface area contributed by atoms with Gasteiger partial charge in [-0.05, 0) is 37.1 Å². The lowest BCUT2D eigenvalue weighted by Crippen LogP contribution is -2.38. The Morgan fingerprint density at radius 2 is 2.14 bits per heavy atom. The van der Waals surface area contributed by atoms with E-state index in [2.05, 4.69) is 20.9 Å². The Balaban J connectivity index is 1.92. The second-order valence-electron chi connectivity index (χ2n) is 4.61. The maximum Gasteiger partial charge on any atom is 0.319 e. The van der Waals surface area contributed by atoms with E-state index >= 15 is 0 Å². The number of aromatic nitrogens is 3. The molecule has 7 heteroatoms. The second-order valence-corrected chi connectivity index (χ2v) is 4.61. The van der Waals surface area contributed by atoms with Crippen LogP contribution in [-0.2, 0) is 0 Å². The van der Waals surface area contributed by atoms with Crippen molar-refractivity contribution in [3.63, 3.8) is 0 Å². The number of carbonyl (C=O) groups excluding carboxylic acids is 1.